The zero-order valence-electron chi connectivity index (χ0n) is 13.1. The Morgan fingerprint density at radius 3 is 2.96 bits per heavy atom. The number of nitrogens with two attached hydrogens (primary N) is 1. The van der Waals surface area contributed by atoms with Crippen molar-refractivity contribution in [3.05, 3.63) is 48.8 Å². The summed E-state index contributed by atoms with van der Waals surface area (Å²) in [6.45, 7) is 8.56. The first-order chi connectivity index (χ1) is 11.2. The van der Waals surface area contributed by atoms with Crippen molar-refractivity contribution in [3.8, 4) is 0 Å². The molecule has 0 aromatic carbocycles. The molecule has 2 aromatic rings. The summed E-state index contributed by atoms with van der Waals surface area (Å²) in [7, 11) is 0. The lowest BCUT2D eigenvalue weighted by Crippen LogP contribution is -2.40. The molecule has 7 heteroatoms. The van der Waals surface area contributed by atoms with Gasteiger partial charge in [-0.25, -0.2) is 9.98 Å². The molecule has 1 fully saturated rings. The van der Waals surface area contributed by atoms with Crippen molar-refractivity contribution < 1.29 is 4.74 Å². The van der Waals surface area contributed by atoms with E-state index < -0.39 is 0 Å². The normalized spacial score (nSPS) is 16.8. The van der Waals surface area contributed by atoms with Crippen LogP contribution in [0.2, 0.25) is 0 Å². The van der Waals surface area contributed by atoms with Gasteiger partial charge in [0.1, 0.15) is 5.84 Å². The van der Waals surface area contributed by atoms with Gasteiger partial charge in [0, 0.05) is 37.8 Å². The van der Waals surface area contributed by atoms with Crippen molar-refractivity contribution in [2.45, 2.75) is 6.92 Å². The van der Waals surface area contributed by atoms with E-state index >= 15 is 0 Å². The molecule has 120 valence electrons. The molecule has 0 atom stereocenters. The molecule has 23 heavy (non-hydrogen) atoms. The second kappa shape index (κ2) is 6.62. The highest BCUT2D eigenvalue weighted by Crippen LogP contribution is 2.17. The van der Waals surface area contributed by atoms with Crippen LogP contribution in [0.5, 0.6) is 0 Å². The summed E-state index contributed by atoms with van der Waals surface area (Å²) in [6, 6.07) is 0. The summed E-state index contributed by atoms with van der Waals surface area (Å²) in [5, 5.41) is 0. The molecule has 1 aliphatic rings. The van der Waals surface area contributed by atoms with E-state index in [0.717, 1.165) is 36.0 Å². The first-order valence-electron chi connectivity index (χ1n) is 7.48. The zero-order chi connectivity index (χ0) is 16.2. The van der Waals surface area contributed by atoms with Crippen molar-refractivity contribution >= 4 is 17.2 Å². The molecule has 0 amide bonds. The maximum atomic E-state index is 6.35. The summed E-state index contributed by atoms with van der Waals surface area (Å²) < 4.78 is 7.32. The smallest absolute Gasteiger partial charge is 0.156 e. The van der Waals surface area contributed by atoms with Crippen LogP contribution in [-0.2, 0) is 4.74 Å². The van der Waals surface area contributed by atoms with E-state index in [4.69, 9.17) is 10.5 Å². The van der Waals surface area contributed by atoms with Crippen molar-refractivity contribution in [3.63, 3.8) is 0 Å². The van der Waals surface area contributed by atoms with Crippen molar-refractivity contribution in [2.75, 3.05) is 26.3 Å². The summed E-state index contributed by atoms with van der Waals surface area (Å²) in [6.07, 6.45) is 8.67. The summed E-state index contributed by atoms with van der Waals surface area (Å²) in [5.74, 6) is 0.782. The topological polar surface area (TPSA) is 81.0 Å². The van der Waals surface area contributed by atoms with Crippen LogP contribution in [0.1, 0.15) is 11.4 Å². The third-order valence-corrected chi connectivity index (χ3v) is 3.72. The minimum Gasteiger partial charge on any atom is -0.397 e. The highest BCUT2D eigenvalue weighted by atomic mass is 16.5. The lowest BCUT2D eigenvalue weighted by atomic mass is 10.2. The molecule has 2 aromatic heterocycles. The van der Waals surface area contributed by atoms with Gasteiger partial charge in [0.25, 0.3) is 0 Å². The van der Waals surface area contributed by atoms with E-state index in [-0.39, 0.29) is 0 Å². The van der Waals surface area contributed by atoms with Crippen LogP contribution in [0.25, 0.3) is 11.3 Å². The average Bonchev–Trinajstić information content (AvgIpc) is 2.91. The van der Waals surface area contributed by atoms with Crippen LogP contribution in [0, 0.1) is 6.92 Å². The van der Waals surface area contributed by atoms with Crippen LogP contribution >= 0.6 is 0 Å². The molecular formula is C16H20N6O. The largest absolute Gasteiger partial charge is 0.397 e. The van der Waals surface area contributed by atoms with Crippen molar-refractivity contribution in [1.82, 2.24) is 19.3 Å². The van der Waals surface area contributed by atoms with Gasteiger partial charge in [-0.15, -0.1) is 0 Å². The Labute approximate surface area is 134 Å². The van der Waals surface area contributed by atoms with Gasteiger partial charge in [0.2, 0.25) is 0 Å². The van der Waals surface area contributed by atoms with Gasteiger partial charge in [-0.3, -0.25) is 9.38 Å². The average molecular weight is 312 g/mol. The Bertz CT molecular complexity index is 770. The molecule has 0 aliphatic carbocycles. The third kappa shape index (κ3) is 3.09. The van der Waals surface area contributed by atoms with Crippen LogP contribution in [-0.4, -0.2) is 51.4 Å². The molecule has 1 saturated heterocycles. The van der Waals surface area contributed by atoms with Crippen LogP contribution in [0.4, 0.5) is 0 Å². The number of rotatable bonds is 3. The van der Waals surface area contributed by atoms with Gasteiger partial charge < -0.3 is 15.4 Å². The lowest BCUT2D eigenvalue weighted by molar-refractivity contribution is 0.0684. The van der Waals surface area contributed by atoms with Crippen LogP contribution < -0.4 is 5.73 Å². The monoisotopic (exact) mass is 312 g/mol. The van der Waals surface area contributed by atoms with Gasteiger partial charge in [0.05, 0.1) is 36.5 Å². The maximum absolute atomic E-state index is 6.35. The fourth-order valence-electron chi connectivity index (χ4n) is 2.68. The van der Waals surface area contributed by atoms with Crippen molar-refractivity contribution in [1.29, 1.82) is 0 Å². The molecule has 0 radical (unpaired) electrons. The second-order valence-corrected chi connectivity index (χ2v) is 5.22. The molecule has 1 aliphatic heterocycles. The van der Waals surface area contributed by atoms with Gasteiger partial charge in [-0.05, 0) is 6.92 Å². The van der Waals surface area contributed by atoms with E-state index in [9.17, 15) is 0 Å². The number of amidine groups is 1. The molecule has 0 spiro atoms. The van der Waals surface area contributed by atoms with Crippen LogP contribution in [0.15, 0.2) is 42.4 Å². The third-order valence-electron chi connectivity index (χ3n) is 3.72. The highest BCUT2D eigenvalue weighted by molar-refractivity contribution is 5.99. The Morgan fingerprint density at radius 2 is 2.22 bits per heavy atom. The molecule has 0 unspecified atom stereocenters. The molecule has 0 saturated carbocycles. The number of nitrogens with zero attached hydrogens (tertiary/aromatic N) is 5. The first-order valence-corrected chi connectivity index (χ1v) is 7.48. The Morgan fingerprint density at radius 1 is 1.43 bits per heavy atom. The fraction of sp³-hybridized carbons (Fsp3) is 0.312. The van der Waals surface area contributed by atoms with E-state index in [1.54, 1.807) is 12.4 Å². The summed E-state index contributed by atoms with van der Waals surface area (Å²) in [4.78, 5) is 15.1. The number of hydrogen-bond donors (Lipinski definition) is 1. The minimum absolute atomic E-state index is 0.605. The van der Waals surface area contributed by atoms with E-state index in [0.29, 0.717) is 18.9 Å². The highest BCUT2D eigenvalue weighted by Gasteiger charge is 2.16. The molecule has 0 bridgehead atoms. The fourth-order valence-corrected chi connectivity index (χ4v) is 2.68. The van der Waals surface area contributed by atoms with E-state index in [1.165, 1.54) is 6.20 Å². The minimum atomic E-state index is 0.605. The Hall–Kier alpha value is -2.67. The SMILES string of the molecule is C=C/N=C(\C=C(/N)c1c(C)nc2cnccn12)N1CCOCC1. The molecule has 7 nitrogen and oxygen atoms in total. The van der Waals surface area contributed by atoms with Crippen molar-refractivity contribution in [2.24, 2.45) is 10.7 Å². The zero-order valence-corrected chi connectivity index (χ0v) is 13.1. The number of aromatic nitrogens is 3. The van der Waals surface area contributed by atoms with Crippen LogP contribution in [0.3, 0.4) is 0 Å². The predicted molar refractivity (Wildman–Crippen MR) is 89.9 cm³/mol. The molecule has 3 rings (SSSR count). The van der Waals surface area contributed by atoms with Gasteiger partial charge in [-0.2, -0.15) is 0 Å². The first kappa shape index (κ1) is 15.2. The molecular weight excluding hydrogens is 292 g/mol. The number of ether oxygens (including phenoxy) is 1. The van der Waals surface area contributed by atoms with Gasteiger partial charge in [-0.1, -0.05) is 6.58 Å². The summed E-state index contributed by atoms with van der Waals surface area (Å²) >= 11 is 0. The maximum Gasteiger partial charge on any atom is 0.156 e. The number of morpholine rings is 1. The number of imidazole rings is 1. The number of aryl methyl sites for hydroxylation is 1. The lowest BCUT2D eigenvalue weighted by Gasteiger charge is -2.28. The number of hydrogen-bond acceptors (Lipinski definition) is 5. The molecule has 2 N–H and O–H groups in total. The summed E-state index contributed by atoms with van der Waals surface area (Å²) in [5.41, 5.74) is 9.43. The standard InChI is InChI=1S/C16H20N6O/c1-3-19-14(21-6-8-23-9-7-21)10-13(17)16-12(2)20-15-11-18-4-5-22(15)16/h3-5,10-11H,1,6-9,17H2,2H3/b13-10-,19-14+. The Balaban J connectivity index is 2.00. The van der Waals surface area contributed by atoms with Gasteiger partial charge in [0.15, 0.2) is 5.65 Å². The molecule has 3 heterocycles. The Kier molecular flexibility index (Phi) is 4.38. The van der Waals surface area contributed by atoms with E-state index in [2.05, 4.69) is 26.4 Å². The number of aliphatic imine (C=N–C) groups is 1. The van der Waals surface area contributed by atoms with Gasteiger partial charge >= 0.3 is 0 Å². The number of fused-ring (bicyclic) bond motifs is 1. The van der Waals surface area contributed by atoms with E-state index in [1.807, 2.05) is 23.6 Å². The quantitative estimate of drug-likeness (QED) is 0.680. The predicted octanol–water partition coefficient (Wildman–Crippen LogP) is 1.21. The second-order valence-electron chi connectivity index (χ2n) is 5.22.